The van der Waals surface area contributed by atoms with Crippen molar-refractivity contribution in [1.29, 1.82) is 0 Å². The van der Waals surface area contributed by atoms with Crippen molar-refractivity contribution in [3.8, 4) is 0 Å². The molecule has 0 bridgehead atoms. The minimum Gasteiger partial charge on any atom is -0.340 e. The molecule has 0 fully saturated rings. The van der Waals surface area contributed by atoms with E-state index in [2.05, 4.69) is 32.5 Å². The molecule has 0 aliphatic rings. The molecule has 6 heteroatoms. The fourth-order valence-electron chi connectivity index (χ4n) is 3.64. The third-order valence-corrected chi connectivity index (χ3v) is 5.69. The van der Waals surface area contributed by atoms with Crippen molar-refractivity contribution < 1.29 is 4.79 Å². The van der Waals surface area contributed by atoms with Gasteiger partial charge in [-0.1, -0.05) is 66.2 Å². The standard InChI is InChI=1S/C25H23ClN4O/c1-17-9-3-7-13-23(17)28-25(31)29-27-15-21-18(2)30(24-14-8-5-11-20(21)24)16-19-10-4-6-12-22(19)26/h3-15H,16H2,1-2H3,(H2,28,29,31). The van der Waals surface area contributed by atoms with Crippen molar-refractivity contribution in [2.75, 3.05) is 5.32 Å². The summed E-state index contributed by atoms with van der Waals surface area (Å²) >= 11 is 6.39. The number of hydrogen-bond donors (Lipinski definition) is 2. The van der Waals surface area contributed by atoms with Crippen molar-refractivity contribution in [3.63, 3.8) is 0 Å². The molecule has 3 aromatic carbocycles. The monoisotopic (exact) mass is 430 g/mol. The molecule has 2 amide bonds. The summed E-state index contributed by atoms with van der Waals surface area (Å²) < 4.78 is 2.21. The number of para-hydroxylation sites is 2. The van der Waals surface area contributed by atoms with Crippen LogP contribution in [-0.2, 0) is 6.54 Å². The van der Waals surface area contributed by atoms with Gasteiger partial charge in [0.05, 0.1) is 6.21 Å². The molecule has 0 atom stereocenters. The highest BCUT2D eigenvalue weighted by Gasteiger charge is 2.13. The minimum absolute atomic E-state index is 0.386. The van der Waals surface area contributed by atoms with Gasteiger partial charge in [-0.15, -0.1) is 0 Å². The average Bonchev–Trinajstić information content (AvgIpc) is 3.03. The largest absolute Gasteiger partial charge is 0.340 e. The third-order valence-electron chi connectivity index (χ3n) is 5.32. The Balaban J connectivity index is 1.58. The molecular weight excluding hydrogens is 408 g/mol. The number of hydrogen-bond acceptors (Lipinski definition) is 2. The number of benzene rings is 3. The summed E-state index contributed by atoms with van der Waals surface area (Å²) in [7, 11) is 0. The highest BCUT2D eigenvalue weighted by atomic mass is 35.5. The van der Waals surface area contributed by atoms with E-state index < -0.39 is 0 Å². The van der Waals surface area contributed by atoms with Gasteiger partial charge in [-0.2, -0.15) is 5.10 Å². The number of aromatic nitrogens is 1. The lowest BCUT2D eigenvalue weighted by atomic mass is 10.1. The first-order valence-corrected chi connectivity index (χ1v) is 10.4. The first-order chi connectivity index (χ1) is 15.0. The first kappa shape index (κ1) is 20.7. The number of fused-ring (bicyclic) bond motifs is 1. The zero-order valence-electron chi connectivity index (χ0n) is 17.4. The van der Waals surface area contributed by atoms with Crippen molar-refractivity contribution in [1.82, 2.24) is 9.99 Å². The van der Waals surface area contributed by atoms with Crippen LogP contribution in [0.2, 0.25) is 5.02 Å². The summed E-state index contributed by atoms with van der Waals surface area (Å²) in [4.78, 5) is 12.2. The molecule has 1 aromatic heterocycles. The van der Waals surface area contributed by atoms with Crippen molar-refractivity contribution in [3.05, 3.63) is 100 Å². The van der Waals surface area contributed by atoms with E-state index in [1.807, 2.05) is 74.5 Å². The normalized spacial score (nSPS) is 11.2. The Kier molecular flexibility index (Phi) is 6.05. The molecule has 0 aliphatic carbocycles. The summed E-state index contributed by atoms with van der Waals surface area (Å²) in [6, 6.07) is 23.2. The summed E-state index contributed by atoms with van der Waals surface area (Å²) in [5, 5.41) is 8.81. The molecule has 156 valence electrons. The molecule has 0 unspecified atom stereocenters. The lowest BCUT2D eigenvalue weighted by Gasteiger charge is -2.10. The van der Waals surface area contributed by atoms with Gasteiger partial charge in [-0.3, -0.25) is 0 Å². The summed E-state index contributed by atoms with van der Waals surface area (Å²) in [5.41, 5.74) is 8.44. The van der Waals surface area contributed by atoms with Crippen LogP contribution in [0.5, 0.6) is 0 Å². The van der Waals surface area contributed by atoms with Crippen LogP contribution in [0.25, 0.3) is 10.9 Å². The Morgan fingerprint density at radius 2 is 1.71 bits per heavy atom. The van der Waals surface area contributed by atoms with Crippen LogP contribution in [0.4, 0.5) is 10.5 Å². The second kappa shape index (κ2) is 9.06. The smallest absolute Gasteiger partial charge is 0.339 e. The molecule has 2 N–H and O–H groups in total. The molecule has 0 aliphatic heterocycles. The highest BCUT2D eigenvalue weighted by molar-refractivity contribution is 6.31. The van der Waals surface area contributed by atoms with Gasteiger partial charge in [0.2, 0.25) is 0 Å². The molecule has 5 nitrogen and oxygen atoms in total. The molecule has 0 radical (unpaired) electrons. The van der Waals surface area contributed by atoms with Gasteiger partial charge in [-0.25, -0.2) is 10.2 Å². The Morgan fingerprint density at radius 3 is 2.52 bits per heavy atom. The lowest BCUT2D eigenvalue weighted by Crippen LogP contribution is -2.24. The first-order valence-electron chi connectivity index (χ1n) is 10.0. The zero-order valence-corrected chi connectivity index (χ0v) is 18.1. The SMILES string of the molecule is Cc1ccccc1NC(=O)NN=Cc1c(C)n(Cc2ccccc2Cl)c2ccccc12. The number of nitrogens with zero attached hydrogens (tertiary/aromatic N) is 2. The van der Waals surface area contributed by atoms with Crippen LogP contribution in [0.1, 0.15) is 22.4 Å². The van der Waals surface area contributed by atoms with Gasteiger partial charge in [0.25, 0.3) is 0 Å². The molecule has 1 heterocycles. The number of halogens is 1. The van der Waals surface area contributed by atoms with E-state index >= 15 is 0 Å². The van der Waals surface area contributed by atoms with Crippen molar-refractivity contribution in [2.24, 2.45) is 5.10 Å². The van der Waals surface area contributed by atoms with E-state index in [4.69, 9.17) is 11.6 Å². The maximum Gasteiger partial charge on any atom is 0.339 e. The van der Waals surface area contributed by atoms with Gasteiger partial charge >= 0.3 is 6.03 Å². The Morgan fingerprint density at radius 1 is 1.00 bits per heavy atom. The van der Waals surface area contributed by atoms with Crippen LogP contribution >= 0.6 is 11.6 Å². The maximum absolute atomic E-state index is 12.2. The van der Waals surface area contributed by atoms with Gasteiger partial charge in [-0.05, 0) is 43.2 Å². The Bertz CT molecular complexity index is 1280. The van der Waals surface area contributed by atoms with E-state index in [0.29, 0.717) is 6.54 Å². The quantitative estimate of drug-likeness (QED) is 0.291. The molecule has 0 saturated heterocycles. The number of rotatable bonds is 5. The van der Waals surface area contributed by atoms with Crippen LogP contribution in [-0.4, -0.2) is 16.8 Å². The number of urea groups is 1. The van der Waals surface area contributed by atoms with E-state index in [-0.39, 0.29) is 6.03 Å². The number of nitrogens with one attached hydrogen (secondary N) is 2. The molecule has 4 rings (SSSR count). The number of hydrazone groups is 1. The molecule has 0 saturated carbocycles. The number of amides is 2. The van der Waals surface area contributed by atoms with E-state index in [1.54, 1.807) is 6.21 Å². The summed E-state index contributed by atoms with van der Waals surface area (Å²) in [6.07, 6.45) is 1.69. The number of aryl methyl sites for hydroxylation is 1. The van der Waals surface area contributed by atoms with Crippen LogP contribution in [0, 0.1) is 13.8 Å². The predicted octanol–water partition coefficient (Wildman–Crippen LogP) is 6.12. The van der Waals surface area contributed by atoms with Crippen molar-refractivity contribution in [2.45, 2.75) is 20.4 Å². The Labute approximate surface area is 186 Å². The minimum atomic E-state index is -0.386. The second-order valence-corrected chi connectivity index (χ2v) is 7.74. The number of carbonyl (C=O) groups is 1. The van der Waals surface area contributed by atoms with Crippen LogP contribution < -0.4 is 10.7 Å². The van der Waals surface area contributed by atoms with E-state index in [1.165, 1.54) is 0 Å². The third kappa shape index (κ3) is 4.47. The maximum atomic E-state index is 12.2. The van der Waals surface area contributed by atoms with E-state index in [0.717, 1.165) is 44.0 Å². The fraction of sp³-hybridized carbons (Fsp3) is 0.120. The summed E-state index contributed by atoms with van der Waals surface area (Å²) in [6.45, 7) is 4.64. The second-order valence-electron chi connectivity index (χ2n) is 7.33. The number of anilines is 1. The molecular formula is C25H23ClN4O. The van der Waals surface area contributed by atoms with Gasteiger partial charge in [0.1, 0.15) is 0 Å². The molecule has 31 heavy (non-hydrogen) atoms. The van der Waals surface area contributed by atoms with Gasteiger partial charge in [0, 0.05) is 39.4 Å². The highest BCUT2D eigenvalue weighted by Crippen LogP contribution is 2.27. The number of carbonyl (C=O) groups excluding carboxylic acids is 1. The summed E-state index contributed by atoms with van der Waals surface area (Å²) in [5.74, 6) is 0. The fourth-order valence-corrected chi connectivity index (χ4v) is 3.84. The predicted molar refractivity (Wildman–Crippen MR) is 128 cm³/mol. The molecule has 4 aromatic rings. The lowest BCUT2D eigenvalue weighted by molar-refractivity contribution is 0.252. The van der Waals surface area contributed by atoms with Crippen molar-refractivity contribution >= 4 is 40.4 Å². The average molecular weight is 431 g/mol. The van der Waals surface area contributed by atoms with Crippen LogP contribution in [0.15, 0.2) is 77.9 Å². The Hall–Kier alpha value is -3.57. The van der Waals surface area contributed by atoms with Crippen LogP contribution in [0.3, 0.4) is 0 Å². The van der Waals surface area contributed by atoms with Gasteiger partial charge < -0.3 is 9.88 Å². The zero-order chi connectivity index (χ0) is 21.8. The topological polar surface area (TPSA) is 58.4 Å². The van der Waals surface area contributed by atoms with E-state index in [9.17, 15) is 4.79 Å². The molecule has 0 spiro atoms. The van der Waals surface area contributed by atoms with Gasteiger partial charge in [0.15, 0.2) is 0 Å².